The van der Waals surface area contributed by atoms with Crippen LogP contribution in [0.1, 0.15) is 38.4 Å². The summed E-state index contributed by atoms with van der Waals surface area (Å²) in [5.74, 6) is 3.42. The molecule has 1 rings (SSSR count). The molecule has 86 valence electrons. The van der Waals surface area contributed by atoms with Gasteiger partial charge in [-0.2, -0.15) is 16.7 Å². The van der Waals surface area contributed by atoms with Crippen LogP contribution in [0.4, 0.5) is 0 Å². The van der Waals surface area contributed by atoms with Gasteiger partial charge in [0.05, 0.1) is 5.75 Å². The van der Waals surface area contributed by atoms with E-state index in [1.807, 2.05) is 11.8 Å². The second-order valence-electron chi connectivity index (χ2n) is 3.53. The van der Waals surface area contributed by atoms with E-state index in [9.17, 15) is 0 Å². The molecule has 1 unspecified atom stereocenters. The number of hydrogen-bond acceptors (Lipinski definition) is 5. The van der Waals surface area contributed by atoms with Crippen molar-refractivity contribution < 1.29 is 4.52 Å². The number of aromatic nitrogens is 2. The van der Waals surface area contributed by atoms with Crippen LogP contribution in [0.15, 0.2) is 4.52 Å². The van der Waals surface area contributed by atoms with Gasteiger partial charge in [0, 0.05) is 12.5 Å². The molecule has 0 aromatic carbocycles. The molecular formula is C10H19N3OS. The first-order valence-corrected chi connectivity index (χ1v) is 6.56. The minimum Gasteiger partial charge on any atom is -0.339 e. The van der Waals surface area contributed by atoms with Crippen molar-refractivity contribution in [2.45, 2.75) is 44.9 Å². The van der Waals surface area contributed by atoms with E-state index in [4.69, 9.17) is 10.3 Å². The Hall–Kier alpha value is -0.550. The van der Waals surface area contributed by atoms with E-state index in [0.29, 0.717) is 12.3 Å². The molecule has 0 saturated carbocycles. The Balaban J connectivity index is 2.35. The fraction of sp³-hybridized carbons (Fsp3) is 0.800. The van der Waals surface area contributed by atoms with E-state index in [1.165, 1.54) is 6.42 Å². The van der Waals surface area contributed by atoms with Crippen LogP contribution in [-0.4, -0.2) is 21.9 Å². The maximum Gasteiger partial charge on any atom is 0.228 e. The average Bonchev–Trinajstić information content (AvgIpc) is 2.66. The fourth-order valence-corrected chi connectivity index (χ4v) is 1.84. The second-order valence-corrected chi connectivity index (χ2v) is 4.63. The molecule has 5 heteroatoms. The molecule has 0 radical (unpaired) electrons. The molecule has 0 spiro atoms. The average molecular weight is 229 g/mol. The van der Waals surface area contributed by atoms with Gasteiger partial charge in [0.15, 0.2) is 5.82 Å². The van der Waals surface area contributed by atoms with Gasteiger partial charge in [-0.1, -0.05) is 19.0 Å². The van der Waals surface area contributed by atoms with E-state index in [1.54, 1.807) is 0 Å². The molecule has 0 saturated heterocycles. The van der Waals surface area contributed by atoms with E-state index in [0.717, 1.165) is 23.8 Å². The normalized spacial score (nSPS) is 13.0. The zero-order valence-corrected chi connectivity index (χ0v) is 10.2. The lowest BCUT2D eigenvalue weighted by molar-refractivity contribution is 0.364. The van der Waals surface area contributed by atoms with Gasteiger partial charge in [0.2, 0.25) is 5.89 Å². The van der Waals surface area contributed by atoms with Gasteiger partial charge in [-0.05, 0) is 18.6 Å². The summed E-state index contributed by atoms with van der Waals surface area (Å²) in [6.07, 6.45) is 2.79. The van der Waals surface area contributed by atoms with Crippen LogP contribution in [0, 0.1) is 0 Å². The Kier molecular flexibility index (Phi) is 5.71. The van der Waals surface area contributed by atoms with Crippen LogP contribution >= 0.6 is 11.8 Å². The summed E-state index contributed by atoms with van der Waals surface area (Å²) in [4.78, 5) is 4.29. The number of nitrogens with zero attached hydrogens (tertiary/aromatic N) is 2. The molecule has 0 aliphatic rings. The van der Waals surface area contributed by atoms with Gasteiger partial charge < -0.3 is 10.3 Å². The summed E-state index contributed by atoms with van der Waals surface area (Å²) in [6, 6.07) is 0.126. The van der Waals surface area contributed by atoms with Crippen LogP contribution in [0.2, 0.25) is 0 Å². The first-order chi connectivity index (χ1) is 7.26. The second kappa shape index (κ2) is 6.85. The monoisotopic (exact) mass is 229 g/mol. The summed E-state index contributed by atoms with van der Waals surface area (Å²) < 4.78 is 5.11. The van der Waals surface area contributed by atoms with Crippen LogP contribution in [0.25, 0.3) is 0 Å². The van der Waals surface area contributed by atoms with Crippen molar-refractivity contribution in [3.05, 3.63) is 11.7 Å². The predicted molar refractivity (Wildman–Crippen MR) is 62.7 cm³/mol. The van der Waals surface area contributed by atoms with Crippen molar-refractivity contribution in [1.29, 1.82) is 0 Å². The zero-order chi connectivity index (χ0) is 11.1. The molecular weight excluding hydrogens is 210 g/mol. The summed E-state index contributed by atoms with van der Waals surface area (Å²) >= 11 is 1.83. The molecule has 2 N–H and O–H groups in total. The fourth-order valence-electron chi connectivity index (χ4n) is 1.11. The lowest BCUT2D eigenvalue weighted by atomic mass is 10.2. The van der Waals surface area contributed by atoms with E-state index in [-0.39, 0.29) is 6.04 Å². The summed E-state index contributed by atoms with van der Waals surface area (Å²) in [6.45, 7) is 4.22. The molecule has 4 nitrogen and oxygen atoms in total. The maximum absolute atomic E-state index is 5.80. The molecule has 1 heterocycles. The number of thioether (sulfide) groups is 1. The largest absolute Gasteiger partial charge is 0.339 e. The van der Waals surface area contributed by atoms with Crippen molar-refractivity contribution in [3.8, 4) is 0 Å². The smallest absolute Gasteiger partial charge is 0.228 e. The van der Waals surface area contributed by atoms with Gasteiger partial charge in [-0.3, -0.25) is 0 Å². The van der Waals surface area contributed by atoms with Crippen molar-refractivity contribution >= 4 is 11.8 Å². The number of rotatable bonds is 7. The Morgan fingerprint density at radius 1 is 1.47 bits per heavy atom. The molecule has 1 aromatic heterocycles. The molecule has 15 heavy (non-hydrogen) atoms. The van der Waals surface area contributed by atoms with Gasteiger partial charge in [0.1, 0.15) is 0 Å². The molecule has 1 atom stereocenters. The highest BCUT2D eigenvalue weighted by atomic mass is 32.2. The quantitative estimate of drug-likeness (QED) is 0.724. The standard InChI is InChI=1S/C10H19N3OS/c1-3-5-15-7-9-12-10(14-13-9)6-8(11)4-2/h8H,3-7,11H2,1-2H3. The van der Waals surface area contributed by atoms with Crippen LogP contribution in [-0.2, 0) is 12.2 Å². The molecule has 0 fully saturated rings. The lowest BCUT2D eigenvalue weighted by Gasteiger charge is -2.02. The van der Waals surface area contributed by atoms with Crippen molar-refractivity contribution in [2.24, 2.45) is 5.73 Å². The third-order valence-corrected chi connectivity index (χ3v) is 3.21. The highest BCUT2D eigenvalue weighted by Crippen LogP contribution is 2.11. The molecule has 0 amide bonds. The minimum absolute atomic E-state index is 0.126. The Labute approximate surface area is 95.0 Å². The van der Waals surface area contributed by atoms with Crippen molar-refractivity contribution in [2.75, 3.05) is 5.75 Å². The first-order valence-electron chi connectivity index (χ1n) is 5.41. The first kappa shape index (κ1) is 12.5. The van der Waals surface area contributed by atoms with Crippen LogP contribution in [0.5, 0.6) is 0 Å². The Morgan fingerprint density at radius 3 is 2.93 bits per heavy atom. The van der Waals surface area contributed by atoms with Crippen molar-refractivity contribution in [3.63, 3.8) is 0 Å². The van der Waals surface area contributed by atoms with Crippen LogP contribution < -0.4 is 5.73 Å². The Morgan fingerprint density at radius 2 is 2.27 bits per heavy atom. The van der Waals surface area contributed by atoms with Crippen LogP contribution in [0.3, 0.4) is 0 Å². The molecule has 0 bridgehead atoms. The highest BCUT2D eigenvalue weighted by molar-refractivity contribution is 7.98. The van der Waals surface area contributed by atoms with E-state index in [2.05, 4.69) is 24.0 Å². The molecule has 1 aromatic rings. The van der Waals surface area contributed by atoms with Gasteiger partial charge in [-0.25, -0.2) is 0 Å². The SMILES string of the molecule is CCCSCc1noc(CC(N)CC)n1. The third-order valence-electron chi connectivity index (χ3n) is 2.05. The van der Waals surface area contributed by atoms with E-state index >= 15 is 0 Å². The lowest BCUT2D eigenvalue weighted by Crippen LogP contribution is -2.21. The summed E-state index contributed by atoms with van der Waals surface area (Å²) in [5, 5.41) is 3.91. The third kappa shape index (κ3) is 4.66. The molecule has 0 aliphatic carbocycles. The predicted octanol–water partition coefficient (Wildman–Crippen LogP) is 1.99. The van der Waals surface area contributed by atoms with Gasteiger partial charge in [-0.15, -0.1) is 0 Å². The van der Waals surface area contributed by atoms with Gasteiger partial charge in [0.25, 0.3) is 0 Å². The topological polar surface area (TPSA) is 64.9 Å². The maximum atomic E-state index is 5.80. The number of nitrogens with two attached hydrogens (primary N) is 1. The number of hydrogen-bond donors (Lipinski definition) is 1. The minimum atomic E-state index is 0.126. The summed E-state index contributed by atoms with van der Waals surface area (Å²) in [7, 11) is 0. The summed E-state index contributed by atoms with van der Waals surface area (Å²) in [5.41, 5.74) is 5.80. The zero-order valence-electron chi connectivity index (χ0n) is 9.40. The van der Waals surface area contributed by atoms with Crippen molar-refractivity contribution in [1.82, 2.24) is 10.1 Å². The molecule has 0 aliphatic heterocycles. The highest BCUT2D eigenvalue weighted by Gasteiger charge is 2.09. The Bertz CT molecular complexity index is 277. The van der Waals surface area contributed by atoms with Gasteiger partial charge >= 0.3 is 0 Å². The van der Waals surface area contributed by atoms with E-state index < -0.39 is 0 Å².